The van der Waals surface area contributed by atoms with E-state index in [1.54, 1.807) is 11.3 Å². The SMILES string of the molecule is Cc1nc(Cl)c2c3c(sc2n1)CCC3CC=O. The molecule has 0 bridgehead atoms. The summed E-state index contributed by atoms with van der Waals surface area (Å²) in [4.78, 5) is 21.6. The highest BCUT2D eigenvalue weighted by atomic mass is 35.5. The highest BCUT2D eigenvalue weighted by Crippen LogP contribution is 2.46. The third-order valence-corrected chi connectivity index (χ3v) is 4.67. The highest BCUT2D eigenvalue weighted by Gasteiger charge is 2.29. The first-order chi connectivity index (χ1) is 8.20. The summed E-state index contributed by atoms with van der Waals surface area (Å²) in [6.07, 6.45) is 3.64. The van der Waals surface area contributed by atoms with E-state index in [0.29, 0.717) is 23.3 Å². The summed E-state index contributed by atoms with van der Waals surface area (Å²) in [5.41, 5.74) is 1.22. The average Bonchev–Trinajstić information content (AvgIpc) is 2.78. The van der Waals surface area contributed by atoms with Crippen LogP contribution < -0.4 is 0 Å². The predicted octanol–water partition coefficient (Wildman–Crippen LogP) is 3.27. The van der Waals surface area contributed by atoms with E-state index in [1.165, 1.54) is 10.4 Å². The van der Waals surface area contributed by atoms with Gasteiger partial charge in [0.1, 0.15) is 22.1 Å². The minimum absolute atomic E-state index is 0.306. The molecule has 0 radical (unpaired) electrons. The first-order valence-corrected chi connectivity index (χ1v) is 6.79. The molecule has 3 rings (SSSR count). The molecule has 0 fully saturated rings. The van der Waals surface area contributed by atoms with Crippen molar-refractivity contribution < 1.29 is 4.79 Å². The molecule has 0 aromatic carbocycles. The largest absolute Gasteiger partial charge is 0.303 e. The Bertz CT molecular complexity index is 608. The lowest BCUT2D eigenvalue weighted by molar-refractivity contribution is -0.108. The van der Waals surface area contributed by atoms with Gasteiger partial charge in [-0.2, -0.15) is 0 Å². The Labute approximate surface area is 108 Å². The molecule has 3 nitrogen and oxygen atoms in total. The van der Waals surface area contributed by atoms with Crippen molar-refractivity contribution in [2.75, 3.05) is 0 Å². The van der Waals surface area contributed by atoms with Crippen LogP contribution in [0.5, 0.6) is 0 Å². The van der Waals surface area contributed by atoms with Crippen LogP contribution in [0, 0.1) is 6.92 Å². The smallest absolute Gasteiger partial charge is 0.141 e. The van der Waals surface area contributed by atoms with Gasteiger partial charge in [-0.3, -0.25) is 0 Å². The number of fused-ring (bicyclic) bond motifs is 3. The number of aldehydes is 1. The number of aryl methyl sites for hydroxylation is 2. The summed E-state index contributed by atoms with van der Waals surface area (Å²) >= 11 is 7.91. The van der Waals surface area contributed by atoms with Crippen LogP contribution >= 0.6 is 22.9 Å². The van der Waals surface area contributed by atoms with Gasteiger partial charge in [-0.25, -0.2) is 9.97 Å². The van der Waals surface area contributed by atoms with E-state index in [1.807, 2.05) is 6.92 Å². The van der Waals surface area contributed by atoms with Gasteiger partial charge in [0.2, 0.25) is 0 Å². The molecule has 1 unspecified atom stereocenters. The zero-order chi connectivity index (χ0) is 12.0. The zero-order valence-electron chi connectivity index (χ0n) is 9.36. The molecule has 0 N–H and O–H groups in total. The molecule has 0 saturated heterocycles. The van der Waals surface area contributed by atoms with Crippen molar-refractivity contribution in [3.63, 3.8) is 0 Å². The fraction of sp³-hybridized carbons (Fsp3) is 0.417. The molecule has 1 atom stereocenters. The van der Waals surface area contributed by atoms with Crippen LogP contribution in [0.25, 0.3) is 10.2 Å². The van der Waals surface area contributed by atoms with Crippen molar-refractivity contribution in [2.24, 2.45) is 0 Å². The number of halogens is 1. The lowest BCUT2D eigenvalue weighted by atomic mass is 9.98. The fourth-order valence-electron chi connectivity index (χ4n) is 2.54. The predicted molar refractivity (Wildman–Crippen MR) is 68.9 cm³/mol. The van der Waals surface area contributed by atoms with Gasteiger partial charge in [0.15, 0.2) is 0 Å². The van der Waals surface area contributed by atoms with E-state index in [4.69, 9.17) is 11.6 Å². The van der Waals surface area contributed by atoms with Gasteiger partial charge in [0.05, 0.1) is 5.39 Å². The molecular weight excluding hydrogens is 256 g/mol. The second-order valence-corrected chi connectivity index (χ2v) is 5.76. The fourth-order valence-corrected chi connectivity index (χ4v) is 4.23. The normalized spacial score (nSPS) is 18.6. The quantitative estimate of drug-likeness (QED) is 0.619. The Morgan fingerprint density at radius 2 is 2.35 bits per heavy atom. The van der Waals surface area contributed by atoms with Crippen molar-refractivity contribution in [1.82, 2.24) is 9.97 Å². The lowest BCUT2D eigenvalue weighted by Crippen LogP contribution is -1.96. The first kappa shape index (κ1) is 11.1. The molecule has 1 aliphatic carbocycles. The number of carbonyl (C=O) groups is 1. The zero-order valence-corrected chi connectivity index (χ0v) is 10.9. The van der Waals surface area contributed by atoms with Crippen LogP contribution in [0.1, 0.15) is 35.0 Å². The van der Waals surface area contributed by atoms with Gasteiger partial charge in [0.25, 0.3) is 0 Å². The van der Waals surface area contributed by atoms with Crippen molar-refractivity contribution in [2.45, 2.75) is 32.1 Å². The molecule has 17 heavy (non-hydrogen) atoms. The van der Waals surface area contributed by atoms with Crippen LogP contribution in [0.15, 0.2) is 0 Å². The minimum atomic E-state index is 0.306. The minimum Gasteiger partial charge on any atom is -0.303 e. The molecule has 0 amide bonds. The van der Waals surface area contributed by atoms with E-state index in [9.17, 15) is 4.79 Å². The van der Waals surface area contributed by atoms with Crippen LogP contribution in [-0.2, 0) is 11.2 Å². The third kappa shape index (κ3) is 1.67. The second kappa shape index (κ2) is 4.03. The number of hydrogen-bond acceptors (Lipinski definition) is 4. The molecule has 5 heteroatoms. The van der Waals surface area contributed by atoms with Crippen molar-refractivity contribution >= 4 is 39.4 Å². The number of aromatic nitrogens is 2. The summed E-state index contributed by atoms with van der Waals surface area (Å²) in [5.74, 6) is 1.01. The van der Waals surface area contributed by atoms with Crippen LogP contribution in [-0.4, -0.2) is 16.3 Å². The summed E-state index contributed by atoms with van der Waals surface area (Å²) in [6.45, 7) is 1.85. The van der Waals surface area contributed by atoms with Crippen LogP contribution in [0.2, 0.25) is 5.15 Å². The van der Waals surface area contributed by atoms with Gasteiger partial charge in [0, 0.05) is 11.3 Å². The Kier molecular flexibility index (Phi) is 2.64. The van der Waals surface area contributed by atoms with Gasteiger partial charge in [-0.05, 0) is 31.2 Å². The van der Waals surface area contributed by atoms with Gasteiger partial charge in [-0.15, -0.1) is 11.3 Å². The average molecular weight is 267 g/mol. The summed E-state index contributed by atoms with van der Waals surface area (Å²) in [5, 5.41) is 1.50. The molecule has 88 valence electrons. The maximum absolute atomic E-state index is 10.7. The molecule has 0 spiro atoms. The highest BCUT2D eigenvalue weighted by molar-refractivity contribution is 7.19. The lowest BCUT2D eigenvalue weighted by Gasteiger charge is -2.07. The Morgan fingerprint density at radius 3 is 3.12 bits per heavy atom. The summed E-state index contributed by atoms with van der Waals surface area (Å²) in [7, 11) is 0. The van der Waals surface area contributed by atoms with E-state index in [2.05, 4.69) is 9.97 Å². The van der Waals surface area contributed by atoms with Crippen molar-refractivity contribution in [1.29, 1.82) is 0 Å². The first-order valence-electron chi connectivity index (χ1n) is 5.59. The van der Waals surface area contributed by atoms with Gasteiger partial charge >= 0.3 is 0 Å². The topological polar surface area (TPSA) is 42.9 Å². The maximum atomic E-state index is 10.7. The molecule has 2 heterocycles. The number of rotatable bonds is 2. The Balaban J connectivity index is 2.26. The maximum Gasteiger partial charge on any atom is 0.141 e. The Morgan fingerprint density at radius 1 is 1.53 bits per heavy atom. The number of thiophene rings is 1. The van der Waals surface area contributed by atoms with Crippen molar-refractivity contribution in [3.8, 4) is 0 Å². The van der Waals surface area contributed by atoms with E-state index in [0.717, 1.165) is 29.3 Å². The standard InChI is InChI=1S/C12H11ClN2OS/c1-6-14-11(13)10-9-7(4-5-16)2-3-8(9)17-12(10)15-6/h5,7H,2-4H2,1H3. The number of carbonyl (C=O) groups excluding carboxylic acids is 1. The molecule has 0 saturated carbocycles. The van der Waals surface area contributed by atoms with Crippen molar-refractivity contribution in [3.05, 3.63) is 21.4 Å². The molecule has 2 aromatic rings. The molecular formula is C12H11ClN2OS. The van der Waals surface area contributed by atoms with Crippen LogP contribution in [0.4, 0.5) is 0 Å². The monoisotopic (exact) mass is 266 g/mol. The van der Waals surface area contributed by atoms with E-state index in [-0.39, 0.29) is 0 Å². The van der Waals surface area contributed by atoms with Gasteiger partial charge in [-0.1, -0.05) is 11.6 Å². The van der Waals surface area contributed by atoms with E-state index < -0.39 is 0 Å². The molecule has 1 aliphatic rings. The number of hydrogen-bond donors (Lipinski definition) is 0. The Hall–Kier alpha value is -1.00. The second-order valence-electron chi connectivity index (χ2n) is 4.32. The number of nitrogens with zero attached hydrogens (tertiary/aromatic N) is 2. The van der Waals surface area contributed by atoms with Crippen LogP contribution in [0.3, 0.4) is 0 Å². The third-order valence-electron chi connectivity index (χ3n) is 3.24. The van der Waals surface area contributed by atoms with Gasteiger partial charge < -0.3 is 4.79 Å². The molecule has 0 aliphatic heterocycles. The summed E-state index contributed by atoms with van der Waals surface area (Å²) < 4.78 is 0. The summed E-state index contributed by atoms with van der Waals surface area (Å²) in [6, 6.07) is 0. The van der Waals surface area contributed by atoms with E-state index >= 15 is 0 Å². The molecule has 2 aromatic heterocycles.